The lowest BCUT2D eigenvalue weighted by Gasteiger charge is -2.10. The first-order valence-electron chi connectivity index (χ1n) is 9.40. The Morgan fingerprint density at radius 1 is 1.22 bits per heavy atom. The van der Waals surface area contributed by atoms with Crippen LogP contribution < -0.4 is 5.32 Å². The molecule has 0 aliphatic carbocycles. The average Bonchev–Trinajstić information content (AvgIpc) is 3.06. The number of amides is 1. The molecule has 0 saturated heterocycles. The normalized spacial score (nSPS) is 12.6. The Morgan fingerprint density at radius 3 is 2.74 bits per heavy atom. The maximum absolute atomic E-state index is 12.4. The molecular weight excluding hydrogens is 336 g/mol. The summed E-state index contributed by atoms with van der Waals surface area (Å²) < 4.78 is 1.83. The third kappa shape index (κ3) is 4.61. The molecule has 27 heavy (non-hydrogen) atoms. The van der Waals surface area contributed by atoms with Crippen LogP contribution in [0.15, 0.2) is 54.6 Å². The predicted molar refractivity (Wildman–Crippen MR) is 109 cm³/mol. The number of rotatable bonds is 7. The van der Waals surface area contributed by atoms with Crippen LogP contribution in [0.4, 0.5) is 0 Å². The average molecular weight is 362 g/mol. The van der Waals surface area contributed by atoms with Gasteiger partial charge in [-0.15, -0.1) is 0 Å². The van der Waals surface area contributed by atoms with E-state index in [-0.39, 0.29) is 5.91 Å². The highest BCUT2D eigenvalue weighted by molar-refractivity contribution is 5.94. The van der Waals surface area contributed by atoms with Gasteiger partial charge in [0.15, 0.2) is 5.65 Å². The second kappa shape index (κ2) is 8.62. The van der Waals surface area contributed by atoms with Gasteiger partial charge in [0.2, 0.25) is 0 Å². The molecule has 1 amide bonds. The van der Waals surface area contributed by atoms with Crippen molar-refractivity contribution in [1.29, 1.82) is 0 Å². The highest BCUT2D eigenvalue weighted by Crippen LogP contribution is 2.20. The fourth-order valence-electron chi connectivity index (χ4n) is 3.04. The lowest BCUT2D eigenvalue weighted by Crippen LogP contribution is -2.25. The van der Waals surface area contributed by atoms with Crippen LogP contribution in [0.2, 0.25) is 0 Å². The molecule has 3 rings (SSSR count). The van der Waals surface area contributed by atoms with Gasteiger partial charge in [-0.3, -0.25) is 4.79 Å². The number of carbonyl (C=O) groups excluding carboxylic acids is 1. The summed E-state index contributed by atoms with van der Waals surface area (Å²) in [4.78, 5) is 16.7. The van der Waals surface area contributed by atoms with Crippen LogP contribution in [0.5, 0.6) is 0 Å². The summed E-state index contributed by atoms with van der Waals surface area (Å²) in [7, 11) is 0. The summed E-state index contributed by atoms with van der Waals surface area (Å²) in [5.74, 6) is 1.27. The minimum Gasteiger partial charge on any atom is -0.352 e. The standard InChI is InChI=1S/C22H26N4O/c1-4-5-7-16(2)14-15-23-22(27)19-12-10-18(11-13-19)20-8-6-9-21-24-17(3)25-26(20)21/h4-6,8-13,16H,7,14-15H2,1-3H3,(H,23,27). The number of aromatic nitrogens is 3. The van der Waals surface area contributed by atoms with Crippen LogP contribution in [-0.2, 0) is 0 Å². The van der Waals surface area contributed by atoms with E-state index in [4.69, 9.17) is 0 Å². The van der Waals surface area contributed by atoms with E-state index in [2.05, 4.69) is 34.5 Å². The minimum atomic E-state index is -0.0328. The van der Waals surface area contributed by atoms with Gasteiger partial charge in [-0.1, -0.05) is 37.3 Å². The summed E-state index contributed by atoms with van der Waals surface area (Å²) in [5, 5.41) is 7.45. The number of carbonyl (C=O) groups is 1. The Morgan fingerprint density at radius 2 is 2.00 bits per heavy atom. The van der Waals surface area contributed by atoms with Crippen molar-refractivity contribution >= 4 is 11.6 Å². The van der Waals surface area contributed by atoms with E-state index in [0.29, 0.717) is 18.0 Å². The smallest absolute Gasteiger partial charge is 0.251 e. The molecule has 2 aromatic heterocycles. The van der Waals surface area contributed by atoms with Gasteiger partial charge in [0.05, 0.1) is 5.69 Å². The third-order valence-electron chi connectivity index (χ3n) is 4.61. The molecule has 0 spiro atoms. The molecular formula is C22H26N4O. The zero-order valence-corrected chi connectivity index (χ0v) is 16.1. The number of nitrogens with one attached hydrogen (secondary N) is 1. The summed E-state index contributed by atoms with van der Waals surface area (Å²) in [5.41, 5.74) is 3.44. The maximum Gasteiger partial charge on any atom is 0.251 e. The minimum absolute atomic E-state index is 0.0328. The lowest BCUT2D eigenvalue weighted by atomic mass is 10.0. The van der Waals surface area contributed by atoms with E-state index in [1.165, 1.54) is 0 Å². The van der Waals surface area contributed by atoms with E-state index in [1.807, 2.05) is 60.8 Å². The van der Waals surface area contributed by atoms with Gasteiger partial charge in [-0.05, 0) is 56.9 Å². The lowest BCUT2D eigenvalue weighted by molar-refractivity contribution is 0.0951. The Labute approximate surface area is 160 Å². The Balaban J connectivity index is 1.65. The monoisotopic (exact) mass is 362 g/mol. The summed E-state index contributed by atoms with van der Waals surface area (Å²) in [6.07, 6.45) is 6.26. The van der Waals surface area contributed by atoms with E-state index < -0.39 is 0 Å². The number of aryl methyl sites for hydroxylation is 1. The first kappa shape index (κ1) is 18.8. The number of hydrogen-bond acceptors (Lipinski definition) is 3. The molecule has 0 fully saturated rings. The van der Waals surface area contributed by atoms with Crippen molar-refractivity contribution < 1.29 is 4.79 Å². The van der Waals surface area contributed by atoms with Crippen LogP contribution in [0.25, 0.3) is 16.9 Å². The van der Waals surface area contributed by atoms with Gasteiger partial charge in [0, 0.05) is 17.7 Å². The molecule has 1 N–H and O–H groups in total. The van der Waals surface area contributed by atoms with Gasteiger partial charge >= 0.3 is 0 Å². The second-order valence-corrected chi connectivity index (χ2v) is 6.87. The van der Waals surface area contributed by atoms with Crippen LogP contribution in [-0.4, -0.2) is 27.0 Å². The van der Waals surface area contributed by atoms with Crippen LogP contribution in [0.1, 0.15) is 42.9 Å². The van der Waals surface area contributed by atoms with Crippen LogP contribution >= 0.6 is 0 Å². The maximum atomic E-state index is 12.4. The molecule has 0 aliphatic heterocycles. The number of benzene rings is 1. The first-order chi connectivity index (χ1) is 13.1. The molecule has 1 atom stereocenters. The van der Waals surface area contributed by atoms with E-state index in [1.54, 1.807) is 0 Å². The van der Waals surface area contributed by atoms with Crippen molar-refractivity contribution in [1.82, 2.24) is 19.9 Å². The van der Waals surface area contributed by atoms with Crippen molar-refractivity contribution in [2.75, 3.05) is 6.54 Å². The molecule has 0 radical (unpaired) electrons. The summed E-state index contributed by atoms with van der Waals surface area (Å²) in [6, 6.07) is 13.5. The van der Waals surface area contributed by atoms with Gasteiger partial charge < -0.3 is 5.32 Å². The zero-order valence-electron chi connectivity index (χ0n) is 16.1. The molecule has 5 heteroatoms. The molecule has 0 aliphatic rings. The highest BCUT2D eigenvalue weighted by atomic mass is 16.1. The van der Waals surface area contributed by atoms with Gasteiger partial charge in [0.1, 0.15) is 5.82 Å². The van der Waals surface area contributed by atoms with E-state index in [0.717, 1.165) is 35.6 Å². The number of hydrogen-bond donors (Lipinski definition) is 1. The molecule has 5 nitrogen and oxygen atoms in total. The SMILES string of the molecule is CC=CCC(C)CCNC(=O)c1ccc(-c2cccc3nc(C)nn23)cc1. The molecule has 2 heterocycles. The van der Waals surface area contributed by atoms with Gasteiger partial charge in [-0.2, -0.15) is 5.10 Å². The van der Waals surface area contributed by atoms with Crippen LogP contribution in [0.3, 0.4) is 0 Å². The molecule has 1 aromatic carbocycles. The summed E-state index contributed by atoms with van der Waals surface area (Å²) in [6.45, 7) is 6.80. The largest absolute Gasteiger partial charge is 0.352 e. The number of fused-ring (bicyclic) bond motifs is 1. The molecule has 3 aromatic rings. The molecule has 0 bridgehead atoms. The second-order valence-electron chi connectivity index (χ2n) is 6.87. The Bertz CT molecular complexity index is 941. The zero-order chi connectivity index (χ0) is 19.2. The van der Waals surface area contributed by atoms with Crippen molar-refractivity contribution in [2.45, 2.75) is 33.6 Å². The fraction of sp³-hybridized carbons (Fsp3) is 0.318. The molecule has 140 valence electrons. The first-order valence-corrected chi connectivity index (χ1v) is 9.40. The number of allylic oxidation sites excluding steroid dienone is 2. The quantitative estimate of drug-likeness (QED) is 0.633. The highest BCUT2D eigenvalue weighted by Gasteiger charge is 2.09. The van der Waals surface area contributed by atoms with Crippen molar-refractivity contribution in [3.05, 3.63) is 66.0 Å². The Kier molecular flexibility index (Phi) is 6.01. The van der Waals surface area contributed by atoms with Crippen molar-refractivity contribution in [3.8, 4) is 11.3 Å². The van der Waals surface area contributed by atoms with Crippen molar-refractivity contribution in [3.63, 3.8) is 0 Å². The number of nitrogens with zero attached hydrogens (tertiary/aromatic N) is 3. The Hall–Kier alpha value is -2.95. The van der Waals surface area contributed by atoms with E-state index in [9.17, 15) is 4.79 Å². The van der Waals surface area contributed by atoms with Crippen LogP contribution in [0, 0.1) is 12.8 Å². The van der Waals surface area contributed by atoms with Gasteiger partial charge in [0.25, 0.3) is 5.91 Å². The predicted octanol–water partition coefficient (Wildman–Crippen LogP) is 4.43. The summed E-state index contributed by atoms with van der Waals surface area (Å²) >= 11 is 0. The molecule has 0 saturated carbocycles. The number of pyridine rings is 1. The van der Waals surface area contributed by atoms with Gasteiger partial charge in [-0.25, -0.2) is 9.50 Å². The fourth-order valence-corrected chi connectivity index (χ4v) is 3.04. The third-order valence-corrected chi connectivity index (χ3v) is 4.61. The topological polar surface area (TPSA) is 59.3 Å². The van der Waals surface area contributed by atoms with Crippen molar-refractivity contribution in [2.24, 2.45) is 5.92 Å². The van der Waals surface area contributed by atoms with E-state index >= 15 is 0 Å². The molecule has 1 unspecified atom stereocenters.